The molecule has 0 fully saturated rings. The normalized spacial score (nSPS) is 14.4. The van der Waals surface area contributed by atoms with Crippen LogP contribution in [0.15, 0.2) is 0 Å². The van der Waals surface area contributed by atoms with Crippen LogP contribution in [0.5, 0.6) is 0 Å². The first-order valence-corrected chi connectivity index (χ1v) is 8.07. The van der Waals surface area contributed by atoms with Gasteiger partial charge in [0.2, 0.25) is 0 Å². The number of rotatable bonds is 6. The highest BCUT2D eigenvalue weighted by Gasteiger charge is 2.25. The summed E-state index contributed by atoms with van der Waals surface area (Å²) in [5, 5.41) is 0. The standard InChI is InChI=1S/C3H12NO7P3/c5-12-1-4(2-13(6,7)8)3-14(9,10)11/h5,12H,1-3H2,(H2,6,7,8)(H2,9,10,11). The van der Waals surface area contributed by atoms with E-state index in [0.29, 0.717) is 0 Å². The second-order valence-electron chi connectivity index (χ2n) is 2.60. The average Bonchev–Trinajstić information content (AvgIpc) is 1.78. The number of hydrogen-bond donors (Lipinski definition) is 5. The third-order valence-electron chi connectivity index (χ3n) is 1.06. The number of nitrogens with zero attached hydrogens (tertiary/aromatic N) is 1. The molecule has 0 saturated heterocycles. The van der Waals surface area contributed by atoms with E-state index in [1.54, 1.807) is 0 Å². The molecule has 0 amide bonds. The molecule has 0 bridgehead atoms. The first kappa shape index (κ1) is 14.6. The average molecular weight is 267 g/mol. The molecule has 5 N–H and O–H groups in total. The minimum atomic E-state index is -4.36. The summed E-state index contributed by atoms with van der Waals surface area (Å²) >= 11 is 0. The zero-order valence-corrected chi connectivity index (χ0v) is 9.80. The van der Waals surface area contributed by atoms with Gasteiger partial charge in [-0.1, -0.05) is 0 Å². The van der Waals surface area contributed by atoms with Crippen molar-refractivity contribution in [3.63, 3.8) is 0 Å². The molecule has 0 radical (unpaired) electrons. The molecule has 0 spiro atoms. The van der Waals surface area contributed by atoms with Gasteiger partial charge in [0.25, 0.3) is 0 Å². The lowest BCUT2D eigenvalue weighted by Gasteiger charge is -2.21. The Hall–Kier alpha value is 0.650. The van der Waals surface area contributed by atoms with Gasteiger partial charge >= 0.3 is 15.2 Å². The Morgan fingerprint density at radius 2 is 1.36 bits per heavy atom. The van der Waals surface area contributed by atoms with E-state index in [9.17, 15) is 9.13 Å². The minimum Gasteiger partial charge on any atom is -0.376 e. The van der Waals surface area contributed by atoms with Crippen molar-refractivity contribution in [3.05, 3.63) is 0 Å². The maximum Gasteiger partial charge on any atom is 0.339 e. The van der Waals surface area contributed by atoms with Crippen molar-refractivity contribution in [1.82, 2.24) is 4.90 Å². The fraction of sp³-hybridized carbons (Fsp3) is 1.00. The summed E-state index contributed by atoms with van der Waals surface area (Å²) in [5.74, 6) is 0. The lowest BCUT2D eigenvalue weighted by atomic mass is 11.0. The molecule has 0 rings (SSSR count). The van der Waals surface area contributed by atoms with Crippen LogP contribution in [-0.2, 0) is 9.13 Å². The van der Waals surface area contributed by atoms with Crippen molar-refractivity contribution in [3.8, 4) is 0 Å². The Kier molecular flexibility index (Phi) is 5.92. The topological polar surface area (TPSA) is 139 Å². The van der Waals surface area contributed by atoms with Crippen LogP contribution < -0.4 is 0 Å². The first-order valence-electron chi connectivity index (χ1n) is 3.32. The van der Waals surface area contributed by atoms with Crippen molar-refractivity contribution in [2.75, 3.05) is 18.9 Å². The maximum absolute atomic E-state index is 10.5. The van der Waals surface area contributed by atoms with Crippen molar-refractivity contribution in [2.24, 2.45) is 0 Å². The molecule has 86 valence electrons. The van der Waals surface area contributed by atoms with E-state index in [4.69, 9.17) is 24.5 Å². The minimum absolute atomic E-state index is 0.170. The van der Waals surface area contributed by atoms with Gasteiger partial charge in [0.15, 0.2) is 0 Å². The second kappa shape index (κ2) is 5.66. The third-order valence-corrected chi connectivity index (χ3v) is 3.19. The van der Waals surface area contributed by atoms with Crippen LogP contribution in [0.4, 0.5) is 0 Å². The predicted octanol–water partition coefficient (Wildman–Crippen LogP) is -0.898. The summed E-state index contributed by atoms with van der Waals surface area (Å²) in [6.45, 7) is 0. The molecule has 14 heavy (non-hydrogen) atoms. The van der Waals surface area contributed by atoms with Gasteiger partial charge in [-0.2, -0.15) is 0 Å². The van der Waals surface area contributed by atoms with E-state index < -0.39 is 36.6 Å². The summed E-state index contributed by atoms with van der Waals surface area (Å²) in [4.78, 5) is 43.5. The SMILES string of the molecule is O=P(O)(O)CN(CPO)CP(=O)(O)O. The predicted molar refractivity (Wildman–Crippen MR) is 51.1 cm³/mol. The van der Waals surface area contributed by atoms with Crippen LogP contribution in [-0.4, -0.2) is 48.2 Å². The molecule has 1 unspecified atom stereocenters. The summed E-state index contributed by atoms with van der Waals surface area (Å²) in [6.07, 6.45) is -1.71. The summed E-state index contributed by atoms with van der Waals surface area (Å²) in [6, 6.07) is 0. The molecule has 0 aromatic rings. The van der Waals surface area contributed by atoms with Crippen molar-refractivity contribution >= 4 is 24.0 Å². The molecule has 0 aromatic heterocycles. The fourth-order valence-electron chi connectivity index (χ4n) is 0.766. The highest BCUT2D eigenvalue weighted by molar-refractivity contribution is 7.52. The van der Waals surface area contributed by atoms with Gasteiger partial charge in [0.05, 0.1) is 0 Å². The summed E-state index contributed by atoms with van der Waals surface area (Å²) in [5.41, 5.74) is 0. The largest absolute Gasteiger partial charge is 0.376 e. The van der Waals surface area contributed by atoms with Crippen LogP contribution in [0.3, 0.4) is 0 Å². The van der Waals surface area contributed by atoms with Crippen molar-refractivity contribution in [2.45, 2.75) is 0 Å². The van der Waals surface area contributed by atoms with Crippen LogP contribution >= 0.6 is 24.0 Å². The Balaban J connectivity index is 4.31. The van der Waals surface area contributed by atoms with E-state index in [-0.39, 0.29) is 6.29 Å². The maximum atomic E-state index is 10.5. The van der Waals surface area contributed by atoms with E-state index in [0.717, 1.165) is 4.90 Å². The van der Waals surface area contributed by atoms with E-state index in [1.165, 1.54) is 0 Å². The van der Waals surface area contributed by atoms with Crippen LogP contribution in [0.1, 0.15) is 0 Å². The molecule has 1 atom stereocenters. The molecule has 11 heteroatoms. The second-order valence-corrected chi connectivity index (χ2v) is 6.46. The monoisotopic (exact) mass is 267 g/mol. The van der Waals surface area contributed by atoms with E-state index in [2.05, 4.69) is 0 Å². The van der Waals surface area contributed by atoms with Crippen molar-refractivity contribution in [1.29, 1.82) is 0 Å². The molecular weight excluding hydrogens is 255 g/mol. The quantitative estimate of drug-likeness (QED) is 0.390. The van der Waals surface area contributed by atoms with Gasteiger partial charge in [-0.3, -0.25) is 14.0 Å². The molecule has 0 saturated carbocycles. The van der Waals surface area contributed by atoms with Gasteiger partial charge in [-0.25, -0.2) is 0 Å². The van der Waals surface area contributed by atoms with Crippen LogP contribution in [0, 0.1) is 0 Å². The Morgan fingerprint density at radius 3 is 1.57 bits per heavy atom. The molecule has 8 nitrogen and oxygen atoms in total. The first-order chi connectivity index (χ1) is 6.14. The molecule has 0 heterocycles. The molecular formula is C3H12NO7P3. The highest BCUT2D eigenvalue weighted by atomic mass is 31.2. The molecule has 0 aliphatic rings. The molecule has 0 aliphatic carbocycles. The van der Waals surface area contributed by atoms with E-state index in [1.807, 2.05) is 0 Å². The van der Waals surface area contributed by atoms with Gasteiger partial charge < -0.3 is 24.5 Å². The van der Waals surface area contributed by atoms with Crippen LogP contribution in [0.2, 0.25) is 0 Å². The zero-order valence-electron chi connectivity index (χ0n) is 7.02. The van der Waals surface area contributed by atoms with Gasteiger partial charge in [0.1, 0.15) is 12.6 Å². The number of hydrogen-bond acceptors (Lipinski definition) is 4. The smallest absolute Gasteiger partial charge is 0.339 e. The highest BCUT2D eigenvalue weighted by Crippen LogP contribution is 2.41. The summed E-state index contributed by atoms with van der Waals surface area (Å²) < 4.78 is 21.0. The van der Waals surface area contributed by atoms with Crippen molar-refractivity contribution < 1.29 is 33.6 Å². The Morgan fingerprint density at radius 1 is 1.00 bits per heavy atom. The molecule has 0 aromatic carbocycles. The lowest BCUT2D eigenvalue weighted by Crippen LogP contribution is -2.25. The Labute approximate surface area is 82.1 Å². The van der Waals surface area contributed by atoms with E-state index >= 15 is 0 Å². The van der Waals surface area contributed by atoms with Crippen LogP contribution in [0.25, 0.3) is 0 Å². The zero-order chi connectivity index (χ0) is 11.4. The summed E-state index contributed by atoms with van der Waals surface area (Å²) in [7, 11) is -9.37. The Bertz CT molecular complexity index is 233. The third kappa shape index (κ3) is 9.21. The fourth-order valence-corrected chi connectivity index (χ4v) is 3.17. The van der Waals surface area contributed by atoms with Gasteiger partial charge in [-0.15, -0.1) is 0 Å². The van der Waals surface area contributed by atoms with Gasteiger partial charge in [-0.05, 0) is 0 Å². The molecule has 0 aliphatic heterocycles. The van der Waals surface area contributed by atoms with Gasteiger partial charge in [0, 0.05) is 15.1 Å². The lowest BCUT2D eigenvalue weighted by molar-refractivity contribution is 0.299.